The number of benzene rings is 3. The zero-order chi connectivity index (χ0) is 28.9. The Kier molecular flexibility index (Phi) is 10.3. The summed E-state index contributed by atoms with van der Waals surface area (Å²) in [4.78, 5) is 0. The molecule has 2 heterocycles. The largest absolute Gasteiger partial charge is 0.399 e. The van der Waals surface area contributed by atoms with E-state index in [9.17, 15) is 0 Å². The summed E-state index contributed by atoms with van der Waals surface area (Å²) in [5.74, 6) is 0. The average Bonchev–Trinajstić information content (AvgIpc) is 3.37. The minimum atomic E-state index is -1.56. The normalized spacial score (nSPS) is 17.1. The second kappa shape index (κ2) is 13.9. The molecule has 3 nitrogen and oxygen atoms in total. The van der Waals surface area contributed by atoms with Gasteiger partial charge < -0.3 is 8.39 Å². The highest BCUT2D eigenvalue weighted by atomic mass is 31.1. The van der Waals surface area contributed by atoms with Crippen molar-refractivity contribution in [3.05, 3.63) is 81.4 Å². The van der Waals surface area contributed by atoms with Crippen LogP contribution in [0.15, 0.2) is 50.9 Å². The zero-order valence-corrected chi connectivity index (χ0v) is 27.8. The topological polar surface area (TPSA) is 35.5 Å². The quantitative estimate of drug-likeness (QED) is 0.163. The first-order chi connectivity index (χ1) is 19.9. The van der Waals surface area contributed by atoms with Crippen LogP contribution >= 0.6 is 16.2 Å². The number of fused-ring (bicyclic) bond motifs is 3. The Morgan fingerprint density at radius 2 is 1.37 bits per heavy atom. The van der Waals surface area contributed by atoms with Crippen LogP contribution in [0.25, 0.3) is 21.9 Å². The molecule has 0 amide bonds. The highest BCUT2D eigenvalue weighted by molar-refractivity contribution is 7.58. The first-order valence-corrected chi connectivity index (χ1v) is 18.6. The molecular formula is C36H48O3P2. The molecule has 1 aliphatic rings. The molecule has 3 aromatic carbocycles. The van der Waals surface area contributed by atoms with Gasteiger partial charge >= 0.3 is 8.24 Å². The van der Waals surface area contributed by atoms with Gasteiger partial charge in [-0.05, 0) is 117 Å². The van der Waals surface area contributed by atoms with Gasteiger partial charge in [-0.25, -0.2) is 0 Å². The van der Waals surface area contributed by atoms with E-state index >= 15 is 0 Å². The molecule has 1 saturated heterocycles. The second-order valence-corrected chi connectivity index (χ2v) is 15.7. The molecule has 0 radical (unpaired) electrons. The molecule has 5 heteroatoms. The van der Waals surface area contributed by atoms with E-state index < -0.39 is 8.24 Å². The van der Waals surface area contributed by atoms with Crippen LogP contribution in [0.4, 0.5) is 0 Å². The van der Waals surface area contributed by atoms with E-state index in [0.29, 0.717) is 12.3 Å². The number of hydrogen-bond donors (Lipinski definition) is 0. The van der Waals surface area contributed by atoms with Crippen LogP contribution in [0.3, 0.4) is 0 Å². The SMILES string of the molecule is CCCCc1cc(C)c(C)c2c1op(OCCP1CCCC1c1ccccc1)oc1c(CCCC)cc(C)c(C)c12. The van der Waals surface area contributed by atoms with Crippen molar-refractivity contribution in [1.29, 1.82) is 0 Å². The van der Waals surface area contributed by atoms with Crippen LogP contribution < -0.4 is 4.52 Å². The van der Waals surface area contributed by atoms with E-state index in [-0.39, 0.29) is 7.92 Å². The van der Waals surface area contributed by atoms with E-state index in [4.69, 9.17) is 12.9 Å². The highest BCUT2D eigenvalue weighted by Gasteiger charge is 2.28. The Morgan fingerprint density at radius 3 is 1.90 bits per heavy atom. The molecule has 0 aliphatic carbocycles. The Balaban J connectivity index is 1.61. The number of hydrogen-bond acceptors (Lipinski definition) is 3. The summed E-state index contributed by atoms with van der Waals surface area (Å²) in [6.07, 6.45) is 11.7. The molecule has 41 heavy (non-hydrogen) atoms. The van der Waals surface area contributed by atoms with Crippen molar-refractivity contribution in [3.63, 3.8) is 0 Å². The lowest BCUT2D eigenvalue weighted by Crippen LogP contribution is -2.03. The molecule has 4 aromatic rings. The minimum Gasteiger partial charge on any atom is -0.399 e. The lowest BCUT2D eigenvalue weighted by molar-refractivity contribution is 0.395. The zero-order valence-electron chi connectivity index (χ0n) is 26.0. The summed E-state index contributed by atoms with van der Waals surface area (Å²) >= 11 is 0. The fourth-order valence-corrected chi connectivity index (χ4v) is 10.6. The molecule has 2 unspecified atom stereocenters. The first-order valence-electron chi connectivity index (χ1n) is 15.8. The fraction of sp³-hybridized carbons (Fsp3) is 0.500. The molecule has 0 N–H and O–H groups in total. The molecule has 5 rings (SSSR count). The van der Waals surface area contributed by atoms with Gasteiger partial charge in [0, 0.05) is 16.4 Å². The van der Waals surface area contributed by atoms with Gasteiger partial charge in [-0.1, -0.05) is 77.1 Å². The van der Waals surface area contributed by atoms with E-state index in [1.54, 1.807) is 0 Å². The number of aryl methyl sites for hydroxylation is 6. The van der Waals surface area contributed by atoms with Crippen molar-refractivity contribution in [3.8, 4) is 0 Å². The Morgan fingerprint density at radius 1 is 0.805 bits per heavy atom. The molecule has 2 atom stereocenters. The van der Waals surface area contributed by atoms with E-state index in [2.05, 4.69) is 84.0 Å². The third-order valence-corrected chi connectivity index (χ3v) is 13.2. The monoisotopic (exact) mass is 590 g/mol. The van der Waals surface area contributed by atoms with Crippen LogP contribution in [-0.4, -0.2) is 18.9 Å². The Labute approximate surface area is 249 Å². The summed E-state index contributed by atoms with van der Waals surface area (Å²) in [7, 11) is -1.65. The maximum absolute atomic E-state index is 6.86. The van der Waals surface area contributed by atoms with E-state index in [1.807, 2.05) is 0 Å². The highest BCUT2D eigenvalue weighted by Crippen LogP contribution is 2.59. The van der Waals surface area contributed by atoms with Crippen LogP contribution in [0, 0.1) is 27.7 Å². The summed E-state index contributed by atoms with van der Waals surface area (Å²) < 4.78 is 20.3. The maximum Gasteiger partial charge on any atom is 0.387 e. The van der Waals surface area contributed by atoms with Crippen molar-refractivity contribution >= 4 is 38.1 Å². The van der Waals surface area contributed by atoms with Crippen LogP contribution in [-0.2, 0) is 12.8 Å². The van der Waals surface area contributed by atoms with Crippen molar-refractivity contribution in [2.24, 2.45) is 0 Å². The fourth-order valence-electron chi connectivity index (χ4n) is 6.44. The van der Waals surface area contributed by atoms with Crippen molar-refractivity contribution in [2.75, 3.05) is 18.9 Å². The smallest absolute Gasteiger partial charge is 0.387 e. The molecule has 1 aromatic heterocycles. The lowest BCUT2D eigenvalue weighted by atomic mass is 9.91. The lowest BCUT2D eigenvalue weighted by Gasteiger charge is -2.20. The molecule has 0 spiro atoms. The van der Waals surface area contributed by atoms with Crippen molar-refractivity contribution in [2.45, 2.75) is 98.6 Å². The van der Waals surface area contributed by atoms with Gasteiger partial charge in [0.05, 0.1) is 6.61 Å². The maximum atomic E-state index is 6.86. The molecular weight excluding hydrogens is 542 g/mol. The first kappa shape index (κ1) is 30.4. The molecule has 220 valence electrons. The third-order valence-electron chi connectivity index (χ3n) is 9.06. The summed E-state index contributed by atoms with van der Waals surface area (Å²) in [6, 6.07) is 15.8. The van der Waals surface area contributed by atoms with Crippen molar-refractivity contribution < 1.29 is 12.9 Å². The van der Waals surface area contributed by atoms with Crippen molar-refractivity contribution in [1.82, 2.24) is 0 Å². The standard InChI is InChI=1S/C36H48O3P2/c1-7-9-15-30-23-25(3)27(5)33-34-28(6)26(4)24-31(16-10-8-2)36(34)39-41(38-35(30)33)37-20-22-40-21-14-19-32(40)29-17-12-11-13-18-29/h11-13,17-18,23-24,32H,7-10,14-16,19-22H2,1-6H3. The minimum absolute atomic E-state index is 0.0968. The number of unbranched alkanes of at least 4 members (excludes halogenated alkanes) is 2. The van der Waals surface area contributed by atoms with Gasteiger partial charge in [0.25, 0.3) is 0 Å². The summed E-state index contributed by atoms with van der Waals surface area (Å²) in [5.41, 5.74) is 12.0. The second-order valence-electron chi connectivity index (χ2n) is 11.9. The van der Waals surface area contributed by atoms with E-state index in [0.717, 1.165) is 55.9 Å². The summed E-state index contributed by atoms with van der Waals surface area (Å²) in [6.45, 7) is 14.2. The van der Waals surface area contributed by atoms with Gasteiger partial charge in [-0.3, -0.25) is 4.52 Å². The van der Waals surface area contributed by atoms with E-state index in [1.165, 1.54) is 68.7 Å². The van der Waals surface area contributed by atoms with Crippen LogP contribution in [0.5, 0.6) is 0 Å². The molecule has 0 saturated carbocycles. The van der Waals surface area contributed by atoms with Gasteiger partial charge in [-0.15, -0.1) is 0 Å². The van der Waals surface area contributed by atoms with Crippen LogP contribution in [0.2, 0.25) is 0 Å². The van der Waals surface area contributed by atoms with Gasteiger partial charge in [0.2, 0.25) is 0 Å². The van der Waals surface area contributed by atoms with Gasteiger partial charge in [-0.2, -0.15) is 0 Å². The molecule has 0 bridgehead atoms. The molecule has 1 fully saturated rings. The Hall–Kier alpha value is -2.05. The third kappa shape index (κ3) is 6.64. The summed E-state index contributed by atoms with van der Waals surface area (Å²) in [5, 5.41) is 2.45. The Bertz CT molecular complexity index is 1440. The predicted molar refractivity (Wildman–Crippen MR) is 179 cm³/mol. The predicted octanol–water partition coefficient (Wildman–Crippen LogP) is 11.7. The number of rotatable bonds is 11. The van der Waals surface area contributed by atoms with Gasteiger partial charge in [0.1, 0.15) is 11.2 Å². The average molecular weight is 591 g/mol. The molecule has 1 aliphatic heterocycles. The van der Waals surface area contributed by atoms with Crippen LogP contribution in [0.1, 0.15) is 97.0 Å². The van der Waals surface area contributed by atoms with Gasteiger partial charge in [0.15, 0.2) is 0 Å².